The molecule has 4 rings (SSSR count). The molecule has 0 bridgehead atoms. The van der Waals surface area contributed by atoms with Crippen LogP contribution in [-0.2, 0) is 4.79 Å². The van der Waals surface area contributed by atoms with E-state index in [0.29, 0.717) is 16.3 Å². The number of carbonyl (C=O) groups is 2. The monoisotopic (exact) mass is 471 g/mol. The molecule has 2 aromatic heterocycles. The van der Waals surface area contributed by atoms with Crippen LogP contribution in [0.3, 0.4) is 0 Å². The predicted molar refractivity (Wildman–Crippen MR) is 127 cm³/mol. The number of amidine groups is 1. The molecule has 4 atom stereocenters. The number of nitrogens with zero attached hydrogens (tertiary/aromatic N) is 2. The van der Waals surface area contributed by atoms with Crippen LogP contribution in [0, 0.1) is 0 Å². The average molecular weight is 472 g/mol. The van der Waals surface area contributed by atoms with Crippen LogP contribution in [0.15, 0.2) is 52.6 Å². The molecule has 1 aliphatic heterocycles. The molecule has 0 saturated heterocycles. The molecule has 11 heteroatoms. The predicted octanol–water partition coefficient (Wildman–Crippen LogP) is 2.15. The van der Waals surface area contributed by atoms with Gasteiger partial charge in [0.25, 0.3) is 11.8 Å². The highest BCUT2D eigenvalue weighted by Gasteiger charge is 2.32. The van der Waals surface area contributed by atoms with Crippen LogP contribution < -0.4 is 27.4 Å². The molecule has 1 saturated carbocycles. The smallest absolute Gasteiger partial charge is 0.265 e. The zero-order valence-electron chi connectivity index (χ0n) is 17.8. The van der Waals surface area contributed by atoms with Gasteiger partial charge in [-0.05, 0) is 36.4 Å². The lowest BCUT2D eigenvalue weighted by Crippen LogP contribution is -2.54. The molecule has 2 aliphatic rings. The van der Waals surface area contributed by atoms with Crippen LogP contribution in [0.4, 0.5) is 15.8 Å². The molecule has 2 amide bonds. The molecule has 1 fully saturated rings. The summed E-state index contributed by atoms with van der Waals surface area (Å²) in [7, 11) is 0. The van der Waals surface area contributed by atoms with Gasteiger partial charge in [0.15, 0.2) is 6.17 Å². The summed E-state index contributed by atoms with van der Waals surface area (Å²) < 4.78 is 14.8. The SMILES string of the molecule is NC(=O)C1=CC(F)C(N[C@@H]2CCCC[C@@H]2N)N=C1Nc1cncc(NC(=O)c2cccs2)c1. The second-order valence-corrected chi connectivity index (χ2v) is 9.00. The molecular formula is C22H26FN7O2S. The number of anilines is 2. The number of halogens is 1. The van der Waals surface area contributed by atoms with Gasteiger partial charge in [-0.15, -0.1) is 11.3 Å². The third-order valence-corrected chi connectivity index (χ3v) is 6.49. The standard InChI is InChI=1S/C22H26FN7O2S/c23-15-9-14(19(25)31)20(30-21(15)29-17-5-2-1-4-16(17)24)27-12-8-13(11-26-10-12)28-22(32)18-6-3-7-33-18/h3,6-11,15-17,21,29H,1-2,4-5,24H2,(H2,25,31)(H,27,30)(H,28,32)/t15?,16-,17+,21?/m0/s1. The van der Waals surface area contributed by atoms with Gasteiger partial charge in [-0.2, -0.15) is 0 Å². The van der Waals surface area contributed by atoms with Gasteiger partial charge >= 0.3 is 0 Å². The first-order valence-electron chi connectivity index (χ1n) is 10.7. The second kappa shape index (κ2) is 10.2. The van der Waals surface area contributed by atoms with E-state index >= 15 is 0 Å². The largest absolute Gasteiger partial charge is 0.365 e. The summed E-state index contributed by atoms with van der Waals surface area (Å²) in [5, 5.41) is 10.8. The molecule has 3 heterocycles. The number of thiophene rings is 1. The Morgan fingerprint density at radius 2 is 1.97 bits per heavy atom. The first-order chi connectivity index (χ1) is 15.9. The highest BCUT2D eigenvalue weighted by molar-refractivity contribution is 7.12. The van der Waals surface area contributed by atoms with Crippen molar-refractivity contribution >= 4 is 40.4 Å². The van der Waals surface area contributed by atoms with Crippen LogP contribution in [0.1, 0.15) is 35.4 Å². The van der Waals surface area contributed by atoms with Crippen molar-refractivity contribution in [1.82, 2.24) is 10.3 Å². The van der Waals surface area contributed by atoms with Gasteiger partial charge in [0.2, 0.25) is 0 Å². The van der Waals surface area contributed by atoms with E-state index in [2.05, 4.69) is 25.9 Å². The zero-order chi connectivity index (χ0) is 23.4. The minimum Gasteiger partial charge on any atom is -0.365 e. The molecule has 7 N–H and O–H groups in total. The number of hydrogen-bond donors (Lipinski definition) is 5. The summed E-state index contributed by atoms with van der Waals surface area (Å²) in [5.41, 5.74) is 12.5. The molecule has 9 nitrogen and oxygen atoms in total. The highest BCUT2D eigenvalue weighted by atomic mass is 32.1. The number of carbonyl (C=O) groups excluding carboxylic acids is 2. The van der Waals surface area contributed by atoms with Crippen molar-refractivity contribution in [2.45, 2.75) is 50.1 Å². The van der Waals surface area contributed by atoms with Crippen LogP contribution in [0.5, 0.6) is 0 Å². The Labute approximate surface area is 194 Å². The van der Waals surface area contributed by atoms with Crippen molar-refractivity contribution in [2.24, 2.45) is 16.5 Å². The molecule has 2 aromatic rings. The Morgan fingerprint density at radius 1 is 1.18 bits per heavy atom. The number of dihydropyridines is 1. The normalized spacial score (nSPS) is 25.0. The number of aliphatic imine (C=N–C) groups is 1. The Hall–Kier alpha value is -3.15. The number of pyridine rings is 1. The van der Waals surface area contributed by atoms with Crippen molar-refractivity contribution in [1.29, 1.82) is 0 Å². The van der Waals surface area contributed by atoms with E-state index in [4.69, 9.17) is 11.5 Å². The Kier molecular flexibility index (Phi) is 7.11. The van der Waals surface area contributed by atoms with E-state index in [0.717, 1.165) is 25.7 Å². The lowest BCUT2D eigenvalue weighted by Gasteiger charge is -2.34. The first kappa shape index (κ1) is 23.0. The van der Waals surface area contributed by atoms with Crippen LogP contribution in [0.25, 0.3) is 0 Å². The quantitative estimate of drug-likeness (QED) is 0.436. The molecule has 33 heavy (non-hydrogen) atoms. The Bertz CT molecular complexity index is 1070. The van der Waals surface area contributed by atoms with E-state index < -0.39 is 18.2 Å². The summed E-state index contributed by atoms with van der Waals surface area (Å²) in [6.45, 7) is 0. The summed E-state index contributed by atoms with van der Waals surface area (Å²) in [6.07, 6.45) is 5.51. The van der Waals surface area contributed by atoms with Gasteiger partial charge in [-0.25, -0.2) is 9.38 Å². The summed E-state index contributed by atoms with van der Waals surface area (Å²) in [6, 6.07) is 5.01. The van der Waals surface area contributed by atoms with Crippen LogP contribution >= 0.6 is 11.3 Å². The molecule has 1 aliphatic carbocycles. The number of alkyl halides is 1. The maximum absolute atomic E-state index is 14.8. The topological polar surface area (TPSA) is 148 Å². The number of amides is 2. The molecule has 2 unspecified atom stereocenters. The summed E-state index contributed by atoms with van der Waals surface area (Å²) in [5.74, 6) is -0.932. The number of nitrogens with two attached hydrogens (primary N) is 2. The zero-order valence-corrected chi connectivity index (χ0v) is 18.6. The van der Waals surface area contributed by atoms with E-state index in [-0.39, 0.29) is 29.4 Å². The van der Waals surface area contributed by atoms with E-state index in [1.807, 2.05) is 5.38 Å². The van der Waals surface area contributed by atoms with E-state index in [1.165, 1.54) is 29.8 Å². The number of hydrogen-bond acceptors (Lipinski definition) is 8. The van der Waals surface area contributed by atoms with Crippen molar-refractivity contribution in [3.63, 3.8) is 0 Å². The summed E-state index contributed by atoms with van der Waals surface area (Å²) >= 11 is 1.32. The third-order valence-electron chi connectivity index (χ3n) is 5.62. The summed E-state index contributed by atoms with van der Waals surface area (Å²) in [4.78, 5) is 33.3. The van der Waals surface area contributed by atoms with Crippen molar-refractivity contribution in [2.75, 3.05) is 10.6 Å². The Balaban J connectivity index is 1.52. The number of rotatable bonds is 6. The van der Waals surface area contributed by atoms with E-state index in [9.17, 15) is 14.0 Å². The second-order valence-electron chi connectivity index (χ2n) is 8.05. The molecule has 174 valence electrons. The minimum absolute atomic E-state index is 0.0542. The maximum Gasteiger partial charge on any atom is 0.265 e. The van der Waals surface area contributed by atoms with Crippen molar-refractivity contribution in [3.05, 3.63) is 52.5 Å². The van der Waals surface area contributed by atoms with Gasteiger partial charge in [-0.3, -0.25) is 19.9 Å². The number of aromatic nitrogens is 1. The van der Waals surface area contributed by atoms with Gasteiger partial charge < -0.3 is 22.1 Å². The van der Waals surface area contributed by atoms with Gasteiger partial charge in [-0.1, -0.05) is 18.9 Å². The van der Waals surface area contributed by atoms with Gasteiger partial charge in [0, 0.05) is 12.1 Å². The first-order valence-corrected chi connectivity index (χ1v) is 11.6. The van der Waals surface area contributed by atoms with Gasteiger partial charge in [0.1, 0.15) is 12.0 Å². The maximum atomic E-state index is 14.8. The van der Waals surface area contributed by atoms with E-state index in [1.54, 1.807) is 18.2 Å². The number of primary amides is 1. The lowest BCUT2D eigenvalue weighted by atomic mass is 9.90. The molecular weight excluding hydrogens is 445 g/mol. The fourth-order valence-corrected chi connectivity index (χ4v) is 4.56. The van der Waals surface area contributed by atoms with Crippen LogP contribution in [0.2, 0.25) is 0 Å². The molecule has 0 spiro atoms. The highest BCUT2D eigenvalue weighted by Crippen LogP contribution is 2.23. The van der Waals surface area contributed by atoms with Crippen molar-refractivity contribution in [3.8, 4) is 0 Å². The van der Waals surface area contributed by atoms with Crippen LogP contribution in [-0.4, -0.2) is 47.1 Å². The molecule has 0 aromatic carbocycles. The number of nitrogens with one attached hydrogen (secondary N) is 3. The minimum atomic E-state index is -1.53. The molecule has 0 radical (unpaired) electrons. The van der Waals surface area contributed by atoms with Gasteiger partial charge in [0.05, 0.1) is 34.2 Å². The van der Waals surface area contributed by atoms with Crippen molar-refractivity contribution < 1.29 is 14.0 Å². The Morgan fingerprint density at radius 3 is 2.70 bits per heavy atom. The third kappa shape index (κ3) is 5.62. The average Bonchev–Trinajstić information content (AvgIpc) is 3.33. The fraction of sp³-hybridized carbons (Fsp3) is 0.364. The fourth-order valence-electron chi connectivity index (χ4n) is 3.94. The lowest BCUT2D eigenvalue weighted by molar-refractivity contribution is -0.114.